The molecule has 33 heavy (non-hydrogen) atoms. The van der Waals surface area contributed by atoms with Crippen LogP contribution in [0.4, 0.5) is 5.69 Å². The van der Waals surface area contributed by atoms with Crippen LogP contribution in [0.2, 0.25) is 0 Å². The van der Waals surface area contributed by atoms with Crippen molar-refractivity contribution >= 4 is 40.6 Å². The molecule has 3 aromatic carbocycles. The minimum atomic E-state index is -1.02. The molecule has 1 amide bonds. The van der Waals surface area contributed by atoms with Crippen molar-refractivity contribution in [1.82, 2.24) is 4.90 Å². The van der Waals surface area contributed by atoms with Crippen LogP contribution in [0.5, 0.6) is 5.75 Å². The van der Waals surface area contributed by atoms with Crippen molar-refractivity contribution < 1.29 is 19.4 Å². The molecule has 4 rings (SSSR count). The van der Waals surface area contributed by atoms with Gasteiger partial charge in [0.05, 0.1) is 16.2 Å². The molecule has 1 saturated heterocycles. The number of aryl methyl sites for hydroxylation is 1. The van der Waals surface area contributed by atoms with E-state index in [9.17, 15) is 9.59 Å². The van der Waals surface area contributed by atoms with Gasteiger partial charge in [0, 0.05) is 7.05 Å². The molecular formula is C26H22N2O4S. The molecule has 0 unspecified atom stereocenters. The third-order valence-electron chi connectivity index (χ3n) is 4.99. The van der Waals surface area contributed by atoms with E-state index in [2.05, 4.69) is 24.0 Å². The Labute approximate surface area is 196 Å². The zero-order valence-electron chi connectivity index (χ0n) is 18.2. The van der Waals surface area contributed by atoms with Gasteiger partial charge in [-0.25, -0.2) is 9.79 Å². The van der Waals surface area contributed by atoms with E-state index < -0.39 is 5.97 Å². The number of hydrogen-bond donors (Lipinski definition) is 1. The molecule has 1 heterocycles. The fourth-order valence-electron chi connectivity index (χ4n) is 3.25. The highest BCUT2D eigenvalue weighted by Crippen LogP contribution is 2.33. The molecule has 6 nitrogen and oxygen atoms in total. The number of carboxylic acid groups (broad SMARTS) is 1. The van der Waals surface area contributed by atoms with Crippen molar-refractivity contribution in [2.45, 2.75) is 13.5 Å². The van der Waals surface area contributed by atoms with Gasteiger partial charge >= 0.3 is 5.97 Å². The third kappa shape index (κ3) is 5.51. The number of carbonyl (C=O) groups is 2. The number of carbonyl (C=O) groups excluding carboxylic acids is 1. The normalized spacial score (nSPS) is 15.9. The molecule has 1 aliphatic heterocycles. The lowest BCUT2D eigenvalue weighted by Crippen LogP contribution is -2.23. The average molecular weight is 459 g/mol. The predicted octanol–water partition coefficient (Wildman–Crippen LogP) is 5.51. The van der Waals surface area contributed by atoms with Gasteiger partial charge in [0.15, 0.2) is 5.17 Å². The van der Waals surface area contributed by atoms with Gasteiger partial charge in [-0.2, -0.15) is 0 Å². The Morgan fingerprint density at radius 2 is 1.85 bits per heavy atom. The SMILES string of the molecule is Cc1cccc(COc2ccc(/C=C3\SC(=Nc4cccc(C(=O)O)c4)N(C)C3=O)cc2)c1. The van der Waals surface area contributed by atoms with Crippen LogP contribution in [0.3, 0.4) is 0 Å². The smallest absolute Gasteiger partial charge is 0.335 e. The second kappa shape index (κ2) is 9.75. The highest BCUT2D eigenvalue weighted by atomic mass is 32.2. The predicted molar refractivity (Wildman–Crippen MR) is 131 cm³/mol. The number of amides is 1. The van der Waals surface area contributed by atoms with Crippen molar-refractivity contribution in [3.63, 3.8) is 0 Å². The van der Waals surface area contributed by atoms with E-state index in [4.69, 9.17) is 9.84 Å². The minimum Gasteiger partial charge on any atom is -0.489 e. The number of nitrogens with zero attached hydrogens (tertiary/aromatic N) is 2. The van der Waals surface area contributed by atoms with Crippen LogP contribution in [0.25, 0.3) is 6.08 Å². The second-order valence-electron chi connectivity index (χ2n) is 7.57. The summed E-state index contributed by atoms with van der Waals surface area (Å²) in [5.41, 5.74) is 3.80. The van der Waals surface area contributed by atoms with Gasteiger partial charge in [0.1, 0.15) is 12.4 Å². The molecule has 3 aromatic rings. The topological polar surface area (TPSA) is 79.2 Å². The van der Waals surface area contributed by atoms with Crippen molar-refractivity contribution in [1.29, 1.82) is 0 Å². The van der Waals surface area contributed by atoms with E-state index >= 15 is 0 Å². The summed E-state index contributed by atoms with van der Waals surface area (Å²) in [5, 5.41) is 9.65. The van der Waals surface area contributed by atoms with Gasteiger partial charge in [-0.05, 0) is 66.2 Å². The molecule has 1 N–H and O–H groups in total. The lowest BCUT2D eigenvalue weighted by molar-refractivity contribution is -0.121. The number of amidine groups is 1. The largest absolute Gasteiger partial charge is 0.489 e. The molecule has 0 atom stereocenters. The van der Waals surface area contributed by atoms with Gasteiger partial charge in [-0.1, -0.05) is 48.0 Å². The Hall–Kier alpha value is -3.84. The second-order valence-corrected chi connectivity index (χ2v) is 8.58. The van der Waals surface area contributed by atoms with Crippen LogP contribution in [-0.2, 0) is 11.4 Å². The summed E-state index contributed by atoms with van der Waals surface area (Å²) in [5.74, 6) is -0.429. The Morgan fingerprint density at radius 3 is 2.58 bits per heavy atom. The number of aromatic carboxylic acids is 1. The van der Waals surface area contributed by atoms with Gasteiger partial charge in [0.25, 0.3) is 5.91 Å². The molecule has 0 aliphatic carbocycles. The molecule has 0 saturated carbocycles. The zero-order valence-corrected chi connectivity index (χ0v) is 19.0. The molecule has 0 aromatic heterocycles. The fraction of sp³-hybridized carbons (Fsp3) is 0.115. The molecule has 1 aliphatic rings. The number of aliphatic imine (C=N–C) groups is 1. The van der Waals surface area contributed by atoms with E-state index in [-0.39, 0.29) is 11.5 Å². The maximum atomic E-state index is 12.7. The zero-order chi connectivity index (χ0) is 23.4. The van der Waals surface area contributed by atoms with Gasteiger partial charge < -0.3 is 9.84 Å². The van der Waals surface area contributed by atoms with Crippen LogP contribution < -0.4 is 4.74 Å². The Bertz CT molecular complexity index is 1270. The van der Waals surface area contributed by atoms with E-state index in [1.807, 2.05) is 42.5 Å². The number of hydrogen-bond acceptors (Lipinski definition) is 5. The molecule has 166 valence electrons. The standard InChI is InChI=1S/C26H22N2O4S/c1-17-5-3-6-19(13-17)16-32-22-11-9-18(10-12-22)14-23-24(29)28(2)26(33-23)27-21-8-4-7-20(15-21)25(30)31/h3-15H,16H2,1-2H3,(H,30,31)/b23-14-,27-26?. The number of benzene rings is 3. The minimum absolute atomic E-state index is 0.147. The first-order chi connectivity index (χ1) is 15.9. The summed E-state index contributed by atoms with van der Waals surface area (Å²) in [6.45, 7) is 2.54. The van der Waals surface area contributed by atoms with Gasteiger partial charge in [-0.15, -0.1) is 0 Å². The van der Waals surface area contributed by atoms with E-state index in [0.717, 1.165) is 16.9 Å². The quantitative estimate of drug-likeness (QED) is 0.493. The van der Waals surface area contributed by atoms with Crippen molar-refractivity contribution in [2.24, 2.45) is 4.99 Å². The molecule has 0 bridgehead atoms. The maximum absolute atomic E-state index is 12.7. The summed E-state index contributed by atoms with van der Waals surface area (Å²) in [7, 11) is 1.65. The van der Waals surface area contributed by atoms with Crippen LogP contribution in [0.15, 0.2) is 82.7 Å². The maximum Gasteiger partial charge on any atom is 0.335 e. The molecule has 0 radical (unpaired) electrons. The monoisotopic (exact) mass is 458 g/mol. The van der Waals surface area contributed by atoms with Gasteiger partial charge in [0.2, 0.25) is 0 Å². The Morgan fingerprint density at radius 1 is 1.09 bits per heavy atom. The van der Waals surface area contributed by atoms with Gasteiger partial charge in [-0.3, -0.25) is 9.69 Å². The fourth-order valence-corrected chi connectivity index (χ4v) is 4.24. The Kier molecular flexibility index (Phi) is 6.60. The number of rotatable bonds is 6. The third-order valence-corrected chi connectivity index (χ3v) is 6.05. The van der Waals surface area contributed by atoms with E-state index in [0.29, 0.717) is 22.4 Å². The van der Waals surface area contributed by atoms with E-state index in [1.54, 1.807) is 19.2 Å². The number of likely N-dealkylation sites (N-methyl/N-ethyl adjacent to an activating group) is 1. The van der Waals surface area contributed by atoms with Crippen LogP contribution >= 0.6 is 11.8 Å². The lowest BCUT2D eigenvalue weighted by atomic mass is 10.1. The first-order valence-electron chi connectivity index (χ1n) is 10.3. The first kappa shape index (κ1) is 22.4. The summed E-state index contributed by atoms with van der Waals surface area (Å²) in [6, 6.07) is 22.1. The highest BCUT2D eigenvalue weighted by Gasteiger charge is 2.30. The lowest BCUT2D eigenvalue weighted by Gasteiger charge is -2.07. The Balaban J connectivity index is 1.46. The molecule has 1 fully saturated rings. The summed E-state index contributed by atoms with van der Waals surface area (Å²) < 4.78 is 5.86. The number of ether oxygens (including phenoxy) is 1. The summed E-state index contributed by atoms with van der Waals surface area (Å²) in [6.07, 6.45) is 1.81. The van der Waals surface area contributed by atoms with Crippen molar-refractivity contribution in [3.8, 4) is 5.75 Å². The van der Waals surface area contributed by atoms with Crippen molar-refractivity contribution in [3.05, 3.63) is 100.0 Å². The average Bonchev–Trinajstić information content (AvgIpc) is 3.06. The van der Waals surface area contributed by atoms with Crippen LogP contribution in [-0.4, -0.2) is 34.1 Å². The van der Waals surface area contributed by atoms with E-state index in [1.165, 1.54) is 34.4 Å². The molecule has 7 heteroatoms. The van der Waals surface area contributed by atoms with Crippen LogP contribution in [0.1, 0.15) is 27.0 Å². The number of thioether (sulfide) groups is 1. The first-order valence-corrected chi connectivity index (χ1v) is 11.1. The highest BCUT2D eigenvalue weighted by molar-refractivity contribution is 8.18. The summed E-state index contributed by atoms with van der Waals surface area (Å²) in [4.78, 5) is 30.3. The summed E-state index contributed by atoms with van der Waals surface area (Å²) >= 11 is 1.25. The number of carboxylic acids is 1. The molecule has 0 spiro atoms. The van der Waals surface area contributed by atoms with Crippen molar-refractivity contribution in [2.75, 3.05) is 7.05 Å². The molecular weight excluding hydrogens is 436 g/mol. The van der Waals surface area contributed by atoms with Crippen LogP contribution in [0, 0.1) is 6.92 Å².